The Kier molecular flexibility index (Phi) is 4.57. The van der Waals surface area contributed by atoms with Crippen molar-refractivity contribution in [3.63, 3.8) is 0 Å². The maximum Gasteiger partial charge on any atom is 0.231 e. The topological polar surface area (TPSA) is 30.5 Å². The van der Waals surface area contributed by atoms with Crippen LogP contribution >= 0.6 is 11.8 Å². The van der Waals surface area contributed by atoms with Gasteiger partial charge in [0.15, 0.2) is 11.5 Å². The predicted octanol–water partition coefficient (Wildman–Crippen LogP) is 2.50. The molecule has 0 radical (unpaired) electrons. The van der Waals surface area contributed by atoms with E-state index in [2.05, 4.69) is 30.6 Å². The van der Waals surface area contributed by atoms with Gasteiger partial charge < -0.3 is 14.8 Å². The molecule has 1 aromatic rings. The van der Waals surface area contributed by atoms with E-state index in [1.807, 2.05) is 17.8 Å². The molecular weight excluding hydrogens is 234 g/mol. The first kappa shape index (κ1) is 12.6. The molecule has 0 aliphatic carbocycles. The van der Waals surface area contributed by atoms with Crippen LogP contribution in [0.1, 0.15) is 12.5 Å². The molecule has 3 nitrogen and oxygen atoms in total. The largest absolute Gasteiger partial charge is 0.454 e. The van der Waals surface area contributed by atoms with E-state index in [-0.39, 0.29) is 0 Å². The summed E-state index contributed by atoms with van der Waals surface area (Å²) >= 11 is 1.90. The minimum atomic E-state index is 0.344. The van der Waals surface area contributed by atoms with E-state index in [4.69, 9.17) is 9.47 Å². The monoisotopic (exact) mass is 253 g/mol. The Morgan fingerprint density at radius 1 is 1.35 bits per heavy atom. The van der Waals surface area contributed by atoms with E-state index >= 15 is 0 Å². The van der Waals surface area contributed by atoms with Gasteiger partial charge in [0.05, 0.1) is 0 Å². The number of ether oxygens (including phenoxy) is 2. The Morgan fingerprint density at radius 3 is 3.00 bits per heavy atom. The van der Waals surface area contributed by atoms with Crippen molar-refractivity contribution >= 4 is 11.8 Å². The molecular formula is C13H19NO2S. The predicted molar refractivity (Wildman–Crippen MR) is 71.8 cm³/mol. The molecule has 1 unspecified atom stereocenters. The lowest BCUT2D eigenvalue weighted by molar-refractivity contribution is 0.174. The molecule has 1 N–H and O–H groups in total. The summed E-state index contributed by atoms with van der Waals surface area (Å²) in [7, 11) is 0. The molecule has 17 heavy (non-hydrogen) atoms. The van der Waals surface area contributed by atoms with Crippen molar-refractivity contribution in [1.82, 2.24) is 5.32 Å². The average molecular weight is 253 g/mol. The highest BCUT2D eigenvalue weighted by molar-refractivity contribution is 7.98. The number of benzene rings is 1. The van der Waals surface area contributed by atoms with E-state index in [0.717, 1.165) is 24.6 Å². The zero-order valence-corrected chi connectivity index (χ0v) is 11.2. The summed E-state index contributed by atoms with van der Waals surface area (Å²) < 4.78 is 10.6. The first-order valence-electron chi connectivity index (χ1n) is 5.88. The van der Waals surface area contributed by atoms with Gasteiger partial charge in [-0.05, 0) is 42.2 Å². The van der Waals surface area contributed by atoms with E-state index in [1.54, 1.807) is 0 Å². The standard InChI is InChI=1S/C13H19NO2S/c1-10(8-17-2)6-14-7-11-3-4-12-13(5-11)16-9-15-12/h3-5,10,14H,6-9H2,1-2H3. The third kappa shape index (κ3) is 3.54. The molecule has 2 rings (SSSR count). The van der Waals surface area contributed by atoms with Crippen molar-refractivity contribution in [1.29, 1.82) is 0 Å². The fraction of sp³-hybridized carbons (Fsp3) is 0.538. The minimum absolute atomic E-state index is 0.344. The second kappa shape index (κ2) is 6.17. The highest BCUT2D eigenvalue weighted by Crippen LogP contribution is 2.32. The fourth-order valence-electron chi connectivity index (χ4n) is 1.86. The van der Waals surface area contributed by atoms with Gasteiger partial charge in [-0.15, -0.1) is 0 Å². The molecule has 0 amide bonds. The minimum Gasteiger partial charge on any atom is -0.454 e. The Labute approximate surface area is 107 Å². The lowest BCUT2D eigenvalue weighted by Crippen LogP contribution is -2.21. The SMILES string of the molecule is CSCC(C)CNCc1ccc2c(c1)OCO2. The first-order valence-corrected chi connectivity index (χ1v) is 7.27. The van der Waals surface area contributed by atoms with Gasteiger partial charge in [-0.1, -0.05) is 13.0 Å². The van der Waals surface area contributed by atoms with E-state index < -0.39 is 0 Å². The molecule has 4 heteroatoms. The van der Waals surface area contributed by atoms with Crippen molar-refractivity contribution in [2.75, 3.05) is 25.3 Å². The third-order valence-corrected chi connectivity index (χ3v) is 3.61. The molecule has 0 aromatic heterocycles. The third-order valence-electron chi connectivity index (χ3n) is 2.71. The Bertz CT molecular complexity index is 370. The van der Waals surface area contributed by atoms with E-state index in [0.29, 0.717) is 12.7 Å². The normalized spacial score (nSPS) is 14.9. The number of hydrogen-bond donors (Lipinski definition) is 1. The van der Waals surface area contributed by atoms with Crippen LogP contribution in [0.4, 0.5) is 0 Å². The molecule has 0 bridgehead atoms. The quantitative estimate of drug-likeness (QED) is 0.844. The second-order valence-corrected chi connectivity index (χ2v) is 5.29. The maximum atomic E-state index is 5.35. The van der Waals surface area contributed by atoms with Gasteiger partial charge in [-0.25, -0.2) is 0 Å². The highest BCUT2D eigenvalue weighted by Gasteiger charge is 2.12. The van der Waals surface area contributed by atoms with Crippen molar-refractivity contribution in [3.05, 3.63) is 23.8 Å². The zero-order chi connectivity index (χ0) is 12.1. The Balaban J connectivity index is 1.79. The fourth-order valence-corrected chi connectivity index (χ4v) is 2.54. The van der Waals surface area contributed by atoms with Crippen LogP contribution in [0.25, 0.3) is 0 Å². The number of hydrogen-bond acceptors (Lipinski definition) is 4. The van der Waals surface area contributed by atoms with Crippen LogP contribution in [0, 0.1) is 5.92 Å². The number of nitrogens with one attached hydrogen (secondary N) is 1. The van der Waals surface area contributed by atoms with Crippen LogP contribution in [-0.2, 0) is 6.54 Å². The number of rotatable bonds is 6. The molecule has 1 atom stereocenters. The number of thioether (sulfide) groups is 1. The zero-order valence-electron chi connectivity index (χ0n) is 10.4. The molecule has 0 saturated carbocycles. The van der Waals surface area contributed by atoms with Gasteiger partial charge in [-0.2, -0.15) is 11.8 Å². The van der Waals surface area contributed by atoms with Crippen molar-refractivity contribution in [3.8, 4) is 11.5 Å². The summed E-state index contributed by atoms with van der Waals surface area (Å²) in [4.78, 5) is 0. The van der Waals surface area contributed by atoms with Gasteiger partial charge in [0.25, 0.3) is 0 Å². The molecule has 1 heterocycles. The summed E-state index contributed by atoms with van der Waals surface area (Å²) in [6.45, 7) is 4.55. The lowest BCUT2D eigenvalue weighted by Gasteiger charge is -2.11. The summed E-state index contributed by atoms with van der Waals surface area (Å²) in [6, 6.07) is 6.11. The Morgan fingerprint density at radius 2 is 2.18 bits per heavy atom. The first-order chi connectivity index (χ1) is 8.29. The molecule has 0 fully saturated rings. The van der Waals surface area contributed by atoms with Crippen molar-refractivity contribution in [2.24, 2.45) is 5.92 Å². The van der Waals surface area contributed by atoms with Crippen LogP contribution in [-0.4, -0.2) is 25.3 Å². The lowest BCUT2D eigenvalue weighted by atomic mass is 10.2. The van der Waals surface area contributed by atoms with Crippen LogP contribution in [0.2, 0.25) is 0 Å². The van der Waals surface area contributed by atoms with Gasteiger partial charge in [0.2, 0.25) is 6.79 Å². The summed E-state index contributed by atoms with van der Waals surface area (Å²) in [5.74, 6) is 3.62. The molecule has 1 aromatic carbocycles. The smallest absolute Gasteiger partial charge is 0.231 e. The van der Waals surface area contributed by atoms with Gasteiger partial charge >= 0.3 is 0 Å². The van der Waals surface area contributed by atoms with Crippen LogP contribution < -0.4 is 14.8 Å². The molecule has 94 valence electrons. The second-order valence-electron chi connectivity index (χ2n) is 4.38. The number of fused-ring (bicyclic) bond motifs is 1. The van der Waals surface area contributed by atoms with Crippen LogP contribution in [0.15, 0.2) is 18.2 Å². The molecule has 1 aliphatic rings. The van der Waals surface area contributed by atoms with E-state index in [9.17, 15) is 0 Å². The van der Waals surface area contributed by atoms with E-state index in [1.165, 1.54) is 11.3 Å². The average Bonchev–Trinajstić information content (AvgIpc) is 2.76. The summed E-state index contributed by atoms with van der Waals surface area (Å²) in [6.07, 6.45) is 2.15. The van der Waals surface area contributed by atoms with Crippen LogP contribution in [0.5, 0.6) is 11.5 Å². The van der Waals surface area contributed by atoms with Gasteiger partial charge in [-0.3, -0.25) is 0 Å². The molecule has 0 saturated heterocycles. The highest BCUT2D eigenvalue weighted by atomic mass is 32.2. The maximum absolute atomic E-state index is 5.35. The van der Waals surface area contributed by atoms with Gasteiger partial charge in [0.1, 0.15) is 0 Å². The molecule has 1 aliphatic heterocycles. The van der Waals surface area contributed by atoms with Crippen LogP contribution in [0.3, 0.4) is 0 Å². The van der Waals surface area contributed by atoms with Crippen molar-refractivity contribution in [2.45, 2.75) is 13.5 Å². The summed E-state index contributed by atoms with van der Waals surface area (Å²) in [5.41, 5.74) is 1.24. The summed E-state index contributed by atoms with van der Waals surface area (Å²) in [5, 5.41) is 3.47. The van der Waals surface area contributed by atoms with Gasteiger partial charge in [0, 0.05) is 6.54 Å². The van der Waals surface area contributed by atoms with Crippen molar-refractivity contribution < 1.29 is 9.47 Å². The molecule has 0 spiro atoms. The Hall–Kier alpha value is -0.870.